The SMILES string of the molecule is CCCCCCCCC/C=C/B1OC(C)C(C)O1. The summed E-state index contributed by atoms with van der Waals surface area (Å²) in [7, 11) is -0.112. The van der Waals surface area contributed by atoms with Crippen molar-refractivity contribution in [1.29, 1.82) is 0 Å². The van der Waals surface area contributed by atoms with E-state index in [-0.39, 0.29) is 19.3 Å². The minimum atomic E-state index is -0.112. The average molecular weight is 252 g/mol. The first-order chi connectivity index (χ1) is 8.74. The van der Waals surface area contributed by atoms with Crippen LogP contribution in [0.5, 0.6) is 0 Å². The Morgan fingerprint density at radius 2 is 1.44 bits per heavy atom. The second kappa shape index (κ2) is 9.63. The van der Waals surface area contributed by atoms with Crippen molar-refractivity contribution in [2.75, 3.05) is 0 Å². The normalized spacial score (nSPS) is 24.3. The molecule has 0 aromatic carbocycles. The van der Waals surface area contributed by atoms with E-state index < -0.39 is 0 Å². The summed E-state index contributed by atoms with van der Waals surface area (Å²) < 4.78 is 11.3. The van der Waals surface area contributed by atoms with Crippen molar-refractivity contribution in [2.45, 2.75) is 84.3 Å². The molecular weight excluding hydrogens is 223 g/mol. The van der Waals surface area contributed by atoms with E-state index in [1.165, 1.54) is 44.9 Å². The minimum absolute atomic E-state index is 0.112. The minimum Gasteiger partial charge on any atom is -0.403 e. The van der Waals surface area contributed by atoms with Crippen molar-refractivity contribution in [2.24, 2.45) is 0 Å². The average Bonchev–Trinajstić information content (AvgIpc) is 2.67. The lowest BCUT2D eigenvalue weighted by Gasteiger charge is -2.04. The fourth-order valence-electron chi connectivity index (χ4n) is 2.19. The van der Waals surface area contributed by atoms with Gasteiger partial charge < -0.3 is 9.31 Å². The van der Waals surface area contributed by atoms with Crippen LogP contribution in [-0.2, 0) is 9.31 Å². The molecule has 1 fully saturated rings. The predicted octanol–water partition coefficient (Wildman–Crippen LogP) is 4.53. The van der Waals surface area contributed by atoms with Crippen LogP contribution in [0.3, 0.4) is 0 Å². The first-order valence-electron chi connectivity index (χ1n) is 7.71. The van der Waals surface area contributed by atoms with Gasteiger partial charge in [-0.3, -0.25) is 0 Å². The summed E-state index contributed by atoms with van der Waals surface area (Å²) in [4.78, 5) is 0. The van der Waals surface area contributed by atoms with Crippen LogP contribution in [0.25, 0.3) is 0 Å². The number of allylic oxidation sites excluding steroid dienone is 1. The molecule has 1 aliphatic rings. The number of hydrogen-bond donors (Lipinski definition) is 0. The summed E-state index contributed by atoms with van der Waals surface area (Å²) in [5.41, 5.74) is 0. The predicted molar refractivity (Wildman–Crippen MR) is 78.6 cm³/mol. The lowest BCUT2D eigenvalue weighted by atomic mass is 9.90. The van der Waals surface area contributed by atoms with Gasteiger partial charge in [0.15, 0.2) is 0 Å². The Bertz CT molecular complexity index is 221. The first kappa shape index (κ1) is 15.8. The van der Waals surface area contributed by atoms with Gasteiger partial charge in [0.25, 0.3) is 0 Å². The molecule has 0 bridgehead atoms. The van der Waals surface area contributed by atoms with Gasteiger partial charge in [0.05, 0.1) is 12.2 Å². The van der Waals surface area contributed by atoms with E-state index in [1.54, 1.807) is 0 Å². The smallest absolute Gasteiger partial charge is 0.403 e. The third-order valence-corrected chi connectivity index (χ3v) is 3.63. The van der Waals surface area contributed by atoms with Gasteiger partial charge in [0.2, 0.25) is 0 Å². The molecule has 1 rings (SSSR count). The summed E-state index contributed by atoms with van der Waals surface area (Å²) in [5, 5.41) is 0. The van der Waals surface area contributed by atoms with Gasteiger partial charge in [-0.1, -0.05) is 57.5 Å². The summed E-state index contributed by atoms with van der Waals surface area (Å²) in [6.45, 7) is 6.39. The Morgan fingerprint density at radius 3 is 2.06 bits per heavy atom. The molecule has 1 heterocycles. The van der Waals surface area contributed by atoms with Gasteiger partial charge in [0.1, 0.15) is 0 Å². The van der Waals surface area contributed by atoms with E-state index in [4.69, 9.17) is 9.31 Å². The quantitative estimate of drug-likeness (QED) is 0.443. The van der Waals surface area contributed by atoms with Crippen LogP contribution < -0.4 is 0 Å². The van der Waals surface area contributed by atoms with Crippen molar-refractivity contribution in [1.82, 2.24) is 0 Å². The molecule has 0 saturated carbocycles. The maximum atomic E-state index is 5.64. The largest absolute Gasteiger partial charge is 0.486 e. The topological polar surface area (TPSA) is 18.5 Å². The maximum Gasteiger partial charge on any atom is 0.486 e. The Kier molecular flexibility index (Phi) is 8.44. The fourth-order valence-corrected chi connectivity index (χ4v) is 2.19. The van der Waals surface area contributed by atoms with Gasteiger partial charge in [-0.15, -0.1) is 0 Å². The molecule has 0 aromatic rings. The van der Waals surface area contributed by atoms with Gasteiger partial charge >= 0.3 is 7.12 Å². The van der Waals surface area contributed by atoms with Crippen LogP contribution in [0.15, 0.2) is 12.1 Å². The van der Waals surface area contributed by atoms with Crippen molar-refractivity contribution in [3.63, 3.8) is 0 Å². The Hall–Kier alpha value is -0.275. The van der Waals surface area contributed by atoms with E-state index in [0.717, 1.165) is 6.42 Å². The molecule has 0 amide bonds. The molecule has 0 N–H and O–H groups in total. The molecule has 0 radical (unpaired) electrons. The second-order valence-electron chi connectivity index (χ2n) is 5.39. The Labute approximate surface area is 113 Å². The van der Waals surface area contributed by atoms with Crippen LogP contribution in [0.4, 0.5) is 0 Å². The van der Waals surface area contributed by atoms with Crippen molar-refractivity contribution in [3.05, 3.63) is 12.1 Å². The van der Waals surface area contributed by atoms with Crippen LogP contribution in [0.2, 0.25) is 0 Å². The molecule has 0 spiro atoms. The van der Waals surface area contributed by atoms with Crippen LogP contribution >= 0.6 is 0 Å². The lowest BCUT2D eigenvalue weighted by molar-refractivity contribution is 0.187. The summed E-state index contributed by atoms with van der Waals surface area (Å²) in [6.07, 6.45) is 13.4. The highest BCUT2D eigenvalue weighted by Gasteiger charge is 2.31. The first-order valence-corrected chi connectivity index (χ1v) is 7.71. The molecule has 3 heteroatoms. The molecule has 0 aromatic heterocycles. The van der Waals surface area contributed by atoms with Crippen LogP contribution in [0, 0.1) is 0 Å². The van der Waals surface area contributed by atoms with E-state index in [0.29, 0.717) is 0 Å². The lowest BCUT2D eigenvalue weighted by Crippen LogP contribution is -2.13. The second-order valence-corrected chi connectivity index (χ2v) is 5.39. The van der Waals surface area contributed by atoms with E-state index >= 15 is 0 Å². The Morgan fingerprint density at radius 1 is 0.889 bits per heavy atom. The Balaban J connectivity index is 1.91. The van der Waals surface area contributed by atoms with Crippen molar-refractivity contribution < 1.29 is 9.31 Å². The highest BCUT2D eigenvalue weighted by Crippen LogP contribution is 2.16. The van der Waals surface area contributed by atoms with Gasteiger partial charge in [0, 0.05) is 0 Å². The molecular formula is C15H29BO2. The molecule has 2 nitrogen and oxygen atoms in total. The molecule has 0 aliphatic carbocycles. The molecule has 2 atom stereocenters. The third-order valence-electron chi connectivity index (χ3n) is 3.63. The van der Waals surface area contributed by atoms with Crippen molar-refractivity contribution in [3.8, 4) is 0 Å². The number of hydrogen-bond acceptors (Lipinski definition) is 2. The van der Waals surface area contributed by atoms with E-state index in [9.17, 15) is 0 Å². The molecule has 1 saturated heterocycles. The summed E-state index contributed by atoms with van der Waals surface area (Å²) in [5.74, 6) is 2.07. The van der Waals surface area contributed by atoms with Gasteiger partial charge in [-0.2, -0.15) is 0 Å². The highest BCUT2D eigenvalue weighted by atomic mass is 16.6. The zero-order chi connectivity index (χ0) is 13.2. The maximum absolute atomic E-state index is 5.64. The molecule has 18 heavy (non-hydrogen) atoms. The standard InChI is InChI=1S/C15H29BO2/c1-4-5-6-7-8-9-10-11-12-13-16-17-14(2)15(3)18-16/h12-15H,4-11H2,1-3H3/b13-12+. The van der Waals surface area contributed by atoms with Crippen LogP contribution in [0.1, 0.15) is 72.1 Å². The fraction of sp³-hybridized carbons (Fsp3) is 0.867. The zero-order valence-corrected chi connectivity index (χ0v) is 12.4. The van der Waals surface area contributed by atoms with E-state index in [1.807, 2.05) is 0 Å². The summed E-state index contributed by atoms with van der Waals surface area (Å²) in [6, 6.07) is 0. The third kappa shape index (κ3) is 6.60. The van der Waals surface area contributed by atoms with E-state index in [2.05, 4.69) is 32.8 Å². The molecule has 104 valence electrons. The zero-order valence-electron chi connectivity index (χ0n) is 12.4. The van der Waals surface area contributed by atoms with Gasteiger partial charge in [-0.25, -0.2) is 0 Å². The number of rotatable bonds is 9. The van der Waals surface area contributed by atoms with Gasteiger partial charge in [-0.05, 0) is 26.7 Å². The molecule has 2 unspecified atom stereocenters. The number of unbranched alkanes of at least 4 members (excludes halogenated alkanes) is 7. The van der Waals surface area contributed by atoms with Crippen molar-refractivity contribution >= 4 is 7.12 Å². The summed E-state index contributed by atoms with van der Waals surface area (Å²) >= 11 is 0. The molecule has 1 aliphatic heterocycles. The monoisotopic (exact) mass is 252 g/mol. The van der Waals surface area contributed by atoms with Crippen LogP contribution in [-0.4, -0.2) is 19.3 Å². The highest BCUT2D eigenvalue weighted by molar-refractivity contribution is 6.51.